The van der Waals surface area contributed by atoms with Gasteiger partial charge in [-0.15, -0.1) is 0 Å². The molecule has 1 aromatic heterocycles. The maximum absolute atomic E-state index is 10.2. The lowest BCUT2D eigenvalue weighted by molar-refractivity contribution is 0.474. The summed E-state index contributed by atoms with van der Waals surface area (Å²) in [4.78, 5) is 6.43. The van der Waals surface area contributed by atoms with Crippen molar-refractivity contribution in [3.8, 4) is 5.75 Å². The van der Waals surface area contributed by atoms with E-state index in [0.29, 0.717) is 17.2 Å². The molecule has 0 radical (unpaired) electrons. The number of anilines is 2. The minimum atomic E-state index is 0.183. The third-order valence-corrected chi connectivity index (χ3v) is 3.80. The molecule has 2 N–H and O–H groups in total. The van der Waals surface area contributed by atoms with Crippen LogP contribution in [0.1, 0.15) is 19.4 Å². The largest absolute Gasteiger partial charge is 0.507 e. The number of hydrogen-bond acceptors (Lipinski definition) is 6. The Morgan fingerprint density at radius 3 is 2.71 bits per heavy atom. The first-order chi connectivity index (χ1) is 11.7. The first-order valence-electron chi connectivity index (χ1n) is 7.94. The van der Waals surface area contributed by atoms with Crippen molar-refractivity contribution >= 4 is 29.0 Å². The van der Waals surface area contributed by atoms with Gasteiger partial charge in [0.1, 0.15) is 11.3 Å². The maximum atomic E-state index is 10.2. The molecule has 3 aromatic rings. The number of hydrogen-bond donors (Lipinski definition) is 2. The van der Waals surface area contributed by atoms with Crippen LogP contribution in [0.15, 0.2) is 52.0 Å². The molecule has 0 amide bonds. The smallest absolute Gasteiger partial charge is 0.316 e. The fourth-order valence-electron chi connectivity index (χ4n) is 2.50. The molecule has 0 aliphatic carbocycles. The number of aromatic nitrogens is 1. The van der Waals surface area contributed by atoms with E-state index in [1.165, 1.54) is 6.21 Å². The molecule has 6 nitrogen and oxygen atoms in total. The quantitative estimate of drug-likeness (QED) is 0.532. The Morgan fingerprint density at radius 2 is 2.00 bits per heavy atom. The van der Waals surface area contributed by atoms with Gasteiger partial charge in [-0.2, -0.15) is 10.1 Å². The molecular formula is C18H20N4O2. The predicted molar refractivity (Wildman–Crippen MR) is 96.9 cm³/mol. The third-order valence-electron chi connectivity index (χ3n) is 3.80. The molecule has 0 aliphatic rings. The number of phenols is 1. The Bertz CT molecular complexity index is 820. The summed E-state index contributed by atoms with van der Waals surface area (Å²) in [5, 5.41) is 14.2. The van der Waals surface area contributed by atoms with Crippen molar-refractivity contribution in [3.05, 3.63) is 48.0 Å². The molecule has 0 spiro atoms. The number of nitrogens with zero attached hydrogens (tertiary/aromatic N) is 3. The highest BCUT2D eigenvalue weighted by Crippen LogP contribution is 2.24. The highest BCUT2D eigenvalue weighted by Gasteiger charge is 2.06. The summed E-state index contributed by atoms with van der Waals surface area (Å²) < 4.78 is 5.51. The Labute approximate surface area is 140 Å². The lowest BCUT2D eigenvalue weighted by Crippen LogP contribution is -2.21. The SMILES string of the molecule is CCN(CC)c1ccc(/C=N/Nc2nc3ccccc3o2)c(O)c1. The number of hydrazone groups is 1. The molecule has 0 unspecified atom stereocenters. The van der Waals surface area contributed by atoms with Crippen LogP contribution in [-0.2, 0) is 0 Å². The van der Waals surface area contributed by atoms with Crippen LogP contribution in [-0.4, -0.2) is 29.4 Å². The van der Waals surface area contributed by atoms with E-state index < -0.39 is 0 Å². The molecular weight excluding hydrogens is 304 g/mol. The zero-order valence-corrected chi connectivity index (χ0v) is 13.7. The van der Waals surface area contributed by atoms with Crippen LogP contribution in [0.4, 0.5) is 11.7 Å². The molecule has 0 saturated carbocycles. The van der Waals surface area contributed by atoms with Crippen LogP contribution in [0, 0.1) is 0 Å². The molecule has 1 heterocycles. The van der Waals surface area contributed by atoms with E-state index in [-0.39, 0.29) is 5.75 Å². The molecule has 6 heteroatoms. The van der Waals surface area contributed by atoms with Gasteiger partial charge in [0.2, 0.25) is 0 Å². The van der Waals surface area contributed by atoms with E-state index >= 15 is 0 Å². The van der Waals surface area contributed by atoms with E-state index in [1.807, 2.05) is 36.4 Å². The average Bonchev–Trinajstić information content (AvgIpc) is 3.00. The van der Waals surface area contributed by atoms with Crippen molar-refractivity contribution in [2.45, 2.75) is 13.8 Å². The van der Waals surface area contributed by atoms with Crippen molar-refractivity contribution in [2.75, 3.05) is 23.4 Å². The van der Waals surface area contributed by atoms with Crippen molar-refractivity contribution in [3.63, 3.8) is 0 Å². The Morgan fingerprint density at radius 1 is 1.21 bits per heavy atom. The molecule has 0 saturated heterocycles. The summed E-state index contributed by atoms with van der Waals surface area (Å²) >= 11 is 0. The molecule has 2 aromatic carbocycles. The van der Waals surface area contributed by atoms with E-state index in [0.717, 1.165) is 24.3 Å². The average molecular weight is 324 g/mol. The minimum Gasteiger partial charge on any atom is -0.507 e. The Hall–Kier alpha value is -3.02. The molecule has 24 heavy (non-hydrogen) atoms. The number of para-hydroxylation sites is 2. The second kappa shape index (κ2) is 7.04. The number of benzene rings is 2. The fourth-order valence-corrected chi connectivity index (χ4v) is 2.50. The molecule has 0 atom stereocenters. The Balaban J connectivity index is 1.72. The van der Waals surface area contributed by atoms with Crippen LogP contribution in [0.2, 0.25) is 0 Å². The third kappa shape index (κ3) is 3.32. The molecule has 0 aliphatic heterocycles. The molecule has 0 fully saturated rings. The summed E-state index contributed by atoms with van der Waals surface area (Å²) in [7, 11) is 0. The standard InChI is InChI=1S/C18H20N4O2/c1-3-22(4-2)14-10-9-13(16(23)11-14)12-19-21-18-20-15-7-5-6-8-17(15)24-18/h5-12,23H,3-4H2,1-2H3,(H,20,21)/b19-12+. The summed E-state index contributed by atoms with van der Waals surface area (Å²) in [5.74, 6) is 0.183. The zero-order valence-electron chi connectivity index (χ0n) is 13.7. The van der Waals surface area contributed by atoms with E-state index in [2.05, 4.69) is 34.3 Å². The summed E-state index contributed by atoms with van der Waals surface area (Å²) in [6, 6.07) is 13.3. The second-order valence-corrected chi connectivity index (χ2v) is 5.27. The van der Waals surface area contributed by atoms with Crippen LogP contribution < -0.4 is 10.3 Å². The van der Waals surface area contributed by atoms with Crippen molar-refractivity contribution < 1.29 is 9.52 Å². The predicted octanol–water partition coefficient (Wildman–Crippen LogP) is 3.83. The van der Waals surface area contributed by atoms with E-state index in [1.54, 1.807) is 6.07 Å². The maximum Gasteiger partial charge on any atom is 0.316 e. The van der Waals surface area contributed by atoms with Gasteiger partial charge in [-0.25, -0.2) is 5.43 Å². The lowest BCUT2D eigenvalue weighted by Gasteiger charge is -2.21. The van der Waals surface area contributed by atoms with Gasteiger partial charge in [0.05, 0.1) is 6.21 Å². The van der Waals surface area contributed by atoms with Gasteiger partial charge in [0.15, 0.2) is 5.58 Å². The highest BCUT2D eigenvalue weighted by atomic mass is 16.4. The topological polar surface area (TPSA) is 73.9 Å². The van der Waals surface area contributed by atoms with Crippen molar-refractivity contribution in [1.29, 1.82) is 0 Å². The van der Waals surface area contributed by atoms with Gasteiger partial charge >= 0.3 is 6.01 Å². The van der Waals surface area contributed by atoms with Crippen LogP contribution in [0.3, 0.4) is 0 Å². The number of aromatic hydroxyl groups is 1. The van der Waals surface area contributed by atoms with Gasteiger partial charge < -0.3 is 14.4 Å². The van der Waals surface area contributed by atoms with Crippen LogP contribution in [0.5, 0.6) is 5.75 Å². The van der Waals surface area contributed by atoms with Crippen molar-refractivity contribution in [1.82, 2.24) is 4.98 Å². The fraction of sp³-hybridized carbons (Fsp3) is 0.222. The number of nitrogens with one attached hydrogen (secondary N) is 1. The number of rotatable bonds is 6. The molecule has 124 valence electrons. The normalized spacial score (nSPS) is 11.2. The van der Waals surface area contributed by atoms with E-state index in [4.69, 9.17) is 4.42 Å². The Kier molecular flexibility index (Phi) is 4.65. The van der Waals surface area contributed by atoms with Gasteiger partial charge in [0.25, 0.3) is 0 Å². The van der Waals surface area contributed by atoms with Crippen LogP contribution in [0.25, 0.3) is 11.1 Å². The second-order valence-electron chi connectivity index (χ2n) is 5.27. The zero-order chi connectivity index (χ0) is 16.9. The number of fused-ring (bicyclic) bond motifs is 1. The number of oxazole rings is 1. The van der Waals surface area contributed by atoms with Gasteiger partial charge in [-0.1, -0.05) is 12.1 Å². The van der Waals surface area contributed by atoms with Crippen molar-refractivity contribution in [2.24, 2.45) is 5.10 Å². The lowest BCUT2D eigenvalue weighted by atomic mass is 10.2. The monoisotopic (exact) mass is 324 g/mol. The highest BCUT2D eigenvalue weighted by molar-refractivity contribution is 5.85. The van der Waals surface area contributed by atoms with Gasteiger partial charge in [-0.3, -0.25) is 0 Å². The molecule has 0 bridgehead atoms. The minimum absolute atomic E-state index is 0.183. The summed E-state index contributed by atoms with van der Waals surface area (Å²) in [6.07, 6.45) is 1.54. The summed E-state index contributed by atoms with van der Waals surface area (Å²) in [6.45, 7) is 5.95. The number of phenolic OH excluding ortho intramolecular Hbond substituents is 1. The molecule has 3 rings (SSSR count). The van der Waals surface area contributed by atoms with Gasteiger partial charge in [0, 0.05) is 30.4 Å². The first kappa shape index (κ1) is 15.9. The first-order valence-corrected chi connectivity index (χ1v) is 7.94. The summed E-state index contributed by atoms with van der Waals surface area (Å²) in [5.41, 5.74) is 5.81. The van der Waals surface area contributed by atoms with Gasteiger partial charge in [-0.05, 0) is 38.1 Å². The van der Waals surface area contributed by atoms with E-state index in [9.17, 15) is 5.11 Å². The van der Waals surface area contributed by atoms with Crippen LogP contribution >= 0.6 is 0 Å².